The van der Waals surface area contributed by atoms with Gasteiger partial charge in [-0.1, -0.05) is 13.3 Å². The fraction of sp³-hybridized carbons (Fsp3) is 0.938. The molecule has 2 bridgehead atoms. The number of hydrogen-bond donors (Lipinski definition) is 1. The summed E-state index contributed by atoms with van der Waals surface area (Å²) in [5.41, 5.74) is 0. The van der Waals surface area contributed by atoms with Crippen molar-refractivity contribution in [2.24, 2.45) is 35.5 Å². The van der Waals surface area contributed by atoms with Gasteiger partial charge in [0, 0.05) is 6.61 Å². The molecule has 0 aromatic rings. The highest BCUT2D eigenvalue weighted by molar-refractivity contribution is 5.73. The minimum atomic E-state index is 0.0619. The lowest BCUT2D eigenvalue weighted by molar-refractivity contribution is -0.151. The molecular formula is C16H26O3. The molecule has 108 valence electrons. The van der Waals surface area contributed by atoms with E-state index in [1.807, 2.05) is 0 Å². The minimum absolute atomic E-state index is 0.0619. The highest BCUT2D eigenvalue weighted by atomic mass is 16.5. The van der Waals surface area contributed by atoms with Crippen molar-refractivity contribution >= 4 is 5.97 Å². The third-order valence-corrected chi connectivity index (χ3v) is 5.87. The van der Waals surface area contributed by atoms with E-state index < -0.39 is 0 Å². The molecule has 3 saturated carbocycles. The number of unbranched alkanes of at least 4 members (excludes halogenated alkanes) is 1. The van der Waals surface area contributed by atoms with Crippen LogP contribution in [0.3, 0.4) is 0 Å². The highest BCUT2D eigenvalue weighted by Crippen LogP contribution is 2.62. The first-order valence-electron chi connectivity index (χ1n) is 8.02. The first-order valence-corrected chi connectivity index (χ1v) is 8.02. The van der Waals surface area contributed by atoms with Gasteiger partial charge in [0.2, 0.25) is 0 Å². The molecule has 0 heterocycles. The van der Waals surface area contributed by atoms with Crippen LogP contribution in [0, 0.1) is 35.5 Å². The van der Waals surface area contributed by atoms with E-state index in [4.69, 9.17) is 4.74 Å². The number of carbonyl (C=O) groups excluding carboxylic acids is 1. The second kappa shape index (κ2) is 5.43. The van der Waals surface area contributed by atoms with Crippen molar-refractivity contribution < 1.29 is 14.6 Å². The number of aliphatic hydroxyl groups is 1. The number of esters is 1. The van der Waals surface area contributed by atoms with E-state index in [0.717, 1.165) is 37.5 Å². The number of rotatable bonds is 5. The molecule has 0 aromatic heterocycles. The van der Waals surface area contributed by atoms with E-state index in [1.165, 1.54) is 12.8 Å². The molecule has 3 nitrogen and oxygen atoms in total. The molecule has 3 aliphatic carbocycles. The van der Waals surface area contributed by atoms with Gasteiger partial charge >= 0.3 is 5.97 Å². The van der Waals surface area contributed by atoms with Gasteiger partial charge in [-0.25, -0.2) is 0 Å². The highest BCUT2D eigenvalue weighted by Gasteiger charge is 2.57. The Morgan fingerprint density at radius 1 is 1.16 bits per heavy atom. The lowest BCUT2D eigenvalue weighted by Crippen LogP contribution is -2.31. The third-order valence-electron chi connectivity index (χ3n) is 5.87. The molecule has 3 fully saturated rings. The van der Waals surface area contributed by atoms with E-state index in [1.54, 1.807) is 0 Å². The minimum Gasteiger partial charge on any atom is -0.465 e. The van der Waals surface area contributed by atoms with Gasteiger partial charge in [-0.2, -0.15) is 0 Å². The van der Waals surface area contributed by atoms with E-state index in [2.05, 4.69) is 6.92 Å². The molecule has 3 rings (SSSR count). The molecule has 0 amide bonds. The van der Waals surface area contributed by atoms with Crippen LogP contribution in [0.2, 0.25) is 0 Å². The molecule has 0 spiro atoms. The van der Waals surface area contributed by atoms with Crippen molar-refractivity contribution in [2.75, 3.05) is 13.2 Å². The van der Waals surface area contributed by atoms with Gasteiger partial charge < -0.3 is 9.84 Å². The maximum absolute atomic E-state index is 12.2. The summed E-state index contributed by atoms with van der Waals surface area (Å²) in [7, 11) is 0. The predicted molar refractivity (Wildman–Crippen MR) is 72.4 cm³/mol. The van der Waals surface area contributed by atoms with E-state index in [-0.39, 0.29) is 11.9 Å². The van der Waals surface area contributed by atoms with Crippen LogP contribution < -0.4 is 0 Å². The van der Waals surface area contributed by atoms with Crippen LogP contribution in [-0.2, 0) is 9.53 Å². The lowest BCUT2D eigenvalue weighted by atomic mass is 9.76. The normalized spacial score (nSPS) is 43.5. The summed E-state index contributed by atoms with van der Waals surface area (Å²) < 4.78 is 5.43. The molecule has 3 aliphatic rings. The summed E-state index contributed by atoms with van der Waals surface area (Å²) in [6, 6.07) is 0. The van der Waals surface area contributed by atoms with Crippen LogP contribution >= 0.6 is 0 Å². The Bertz CT molecular complexity index is 341. The topological polar surface area (TPSA) is 46.5 Å². The van der Waals surface area contributed by atoms with Crippen LogP contribution in [0.5, 0.6) is 0 Å². The number of carbonyl (C=O) groups is 1. The monoisotopic (exact) mass is 266 g/mol. The average molecular weight is 266 g/mol. The smallest absolute Gasteiger partial charge is 0.309 e. The zero-order chi connectivity index (χ0) is 13.4. The van der Waals surface area contributed by atoms with Crippen molar-refractivity contribution in [3.8, 4) is 0 Å². The fourth-order valence-electron chi connectivity index (χ4n) is 5.03. The zero-order valence-corrected chi connectivity index (χ0v) is 11.9. The maximum atomic E-state index is 12.2. The van der Waals surface area contributed by atoms with Crippen LogP contribution in [0.25, 0.3) is 0 Å². The standard InChI is InChI=1S/C16H26O3/c1-2-3-4-19-16(18)15-8-11-7-14(15)13-6-10(9-17)5-12(11)13/h10-15,17H,2-9H2,1H3. The lowest BCUT2D eigenvalue weighted by Gasteiger charge is -2.30. The molecule has 6 atom stereocenters. The SMILES string of the molecule is CCCCOC(=O)C1CC2CC1C1CC(CO)CC21. The zero-order valence-electron chi connectivity index (χ0n) is 11.9. The largest absolute Gasteiger partial charge is 0.465 e. The quantitative estimate of drug-likeness (QED) is 0.614. The molecule has 1 N–H and O–H groups in total. The first kappa shape index (κ1) is 13.4. The number of hydrogen-bond acceptors (Lipinski definition) is 3. The Balaban J connectivity index is 1.58. The second-order valence-corrected chi connectivity index (χ2v) is 6.87. The van der Waals surface area contributed by atoms with E-state index in [0.29, 0.717) is 31.0 Å². The van der Waals surface area contributed by atoms with Crippen molar-refractivity contribution in [1.82, 2.24) is 0 Å². The van der Waals surface area contributed by atoms with Gasteiger partial charge in [0.25, 0.3) is 0 Å². The van der Waals surface area contributed by atoms with Crippen molar-refractivity contribution in [3.05, 3.63) is 0 Å². The van der Waals surface area contributed by atoms with Gasteiger partial charge in [0.1, 0.15) is 0 Å². The van der Waals surface area contributed by atoms with Crippen LogP contribution in [-0.4, -0.2) is 24.3 Å². The second-order valence-electron chi connectivity index (χ2n) is 6.87. The molecule has 0 radical (unpaired) electrons. The van der Waals surface area contributed by atoms with Crippen LogP contribution in [0.1, 0.15) is 45.4 Å². The van der Waals surface area contributed by atoms with Gasteiger partial charge in [-0.3, -0.25) is 4.79 Å². The Labute approximate surface area is 115 Å². The molecule has 3 heteroatoms. The van der Waals surface area contributed by atoms with Gasteiger partial charge in [0.15, 0.2) is 0 Å². The number of ether oxygens (including phenoxy) is 1. The first-order chi connectivity index (χ1) is 9.24. The molecule has 0 aromatic carbocycles. The number of aliphatic hydroxyl groups excluding tert-OH is 1. The van der Waals surface area contributed by atoms with Crippen LogP contribution in [0.4, 0.5) is 0 Å². The van der Waals surface area contributed by atoms with Gasteiger partial charge in [-0.05, 0) is 61.7 Å². The summed E-state index contributed by atoms with van der Waals surface area (Å²) in [6.07, 6.45) is 6.68. The summed E-state index contributed by atoms with van der Waals surface area (Å²) in [5.74, 6) is 3.50. The Morgan fingerprint density at radius 2 is 1.95 bits per heavy atom. The molecule has 6 unspecified atom stereocenters. The summed E-state index contributed by atoms with van der Waals surface area (Å²) in [6.45, 7) is 3.04. The van der Waals surface area contributed by atoms with E-state index >= 15 is 0 Å². The van der Waals surface area contributed by atoms with Gasteiger partial charge in [-0.15, -0.1) is 0 Å². The van der Waals surface area contributed by atoms with Gasteiger partial charge in [0.05, 0.1) is 12.5 Å². The Kier molecular flexibility index (Phi) is 3.84. The fourth-order valence-corrected chi connectivity index (χ4v) is 5.03. The summed E-state index contributed by atoms with van der Waals surface area (Å²) in [4.78, 5) is 12.2. The molecular weight excluding hydrogens is 240 g/mol. The molecule has 0 saturated heterocycles. The van der Waals surface area contributed by atoms with E-state index in [9.17, 15) is 9.90 Å². The van der Waals surface area contributed by atoms with Crippen molar-refractivity contribution in [2.45, 2.75) is 45.4 Å². The third kappa shape index (κ3) is 2.31. The average Bonchev–Trinajstić information content (AvgIpc) is 3.09. The molecule has 0 aliphatic heterocycles. The Hall–Kier alpha value is -0.570. The van der Waals surface area contributed by atoms with Crippen molar-refractivity contribution in [1.29, 1.82) is 0 Å². The number of fused-ring (bicyclic) bond motifs is 5. The predicted octanol–water partition coefficient (Wildman–Crippen LogP) is 2.62. The summed E-state index contributed by atoms with van der Waals surface area (Å²) in [5, 5.41) is 9.34. The summed E-state index contributed by atoms with van der Waals surface area (Å²) >= 11 is 0. The van der Waals surface area contributed by atoms with Crippen LogP contribution in [0.15, 0.2) is 0 Å². The van der Waals surface area contributed by atoms with Crippen molar-refractivity contribution in [3.63, 3.8) is 0 Å². The Morgan fingerprint density at radius 3 is 2.68 bits per heavy atom. The molecule has 19 heavy (non-hydrogen) atoms. The maximum Gasteiger partial charge on any atom is 0.309 e.